The van der Waals surface area contributed by atoms with Gasteiger partial charge in [0.05, 0.1) is 11.9 Å². The Morgan fingerprint density at radius 3 is 2.47 bits per heavy atom. The largest absolute Gasteiger partial charge is 0.457 e. The third kappa shape index (κ3) is 5.49. The second kappa shape index (κ2) is 10.2. The van der Waals surface area contributed by atoms with E-state index in [0.717, 1.165) is 17.1 Å². The minimum absolute atomic E-state index is 0.279. The Bertz CT molecular complexity index is 1290. The summed E-state index contributed by atoms with van der Waals surface area (Å²) in [6.07, 6.45) is 3.21. The first-order valence-electron chi connectivity index (χ1n) is 10.4. The fraction of sp³-hybridized carbons (Fsp3) is 0.0833. The van der Waals surface area contributed by atoms with Gasteiger partial charge in [0, 0.05) is 43.4 Å². The van der Waals surface area contributed by atoms with E-state index in [-0.39, 0.29) is 11.6 Å². The third-order valence-corrected chi connectivity index (χ3v) is 4.74. The maximum atomic E-state index is 11.8. The molecule has 1 amide bonds. The van der Waals surface area contributed by atoms with Crippen molar-refractivity contribution in [2.75, 3.05) is 35.8 Å². The van der Waals surface area contributed by atoms with Crippen molar-refractivity contribution in [3.05, 3.63) is 78.8 Å². The molecule has 6 N–H and O–H groups in total. The Hall–Kier alpha value is -4.86. The molecular formula is C24H24N8O2. The van der Waals surface area contributed by atoms with E-state index in [9.17, 15) is 4.79 Å². The van der Waals surface area contributed by atoms with Crippen molar-refractivity contribution in [1.82, 2.24) is 20.3 Å². The number of nitrogen functional groups attached to an aromatic ring is 1. The van der Waals surface area contributed by atoms with Crippen molar-refractivity contribution >= 4 is 40.4 Å². The quantitative estimate of drug-likeness (QED) is 0.248. The van der Waals surface area contributed by atoms with Crippen molar-refractivity contribution in [3.8, 4) is 11.5 Å². The third-order valence-electron chi connectivity index (χ3n) is 4.74. The molecule has 2 heterocycles. The predicted molar refractivity (Wildman–Crippen MR) is 133 cm³/mol. The molecule has 0 saturated carbocycles. The number of amides is 1. The summed E-state index contributed by atoms with van der Waals surface area (Å²) in [5.74, 6) is 1.87. The lowest BCUT2D eigenvalue weighted by Gasteiger charge is -2.13. The van der Waals surface area contributed by atoms with Gasteiger partial charge >= 0.3 is 0 Å². The van der Waals surface area contributed by atoms with Gasteiger partial charge in [-0.3, -0.25) is 9.78 Å². The Morgan fingerprint density at radius 2 is 1.74 bits per heavy atom. The van der Waals surface area contributed by atoms with Crippen molar-refractivity contribution in [2.45, 2.75) is 0 Å². The molecule has 4 rings (SSSR count). The molecule has 0 unspecified atom stereocenters. The molecule has 0 bridgehead atoms. The topological polar surface area (TPSA) is 139 Å². The summed E-state index contributed by atoms with van der Waals surface area (Å²) >= 11 is 0. The van der Waals surface area contributed by atoms with Gasteiger partial charge in [0.25, 0.3) is 5.91 Å². The summed E-state index contributed by atoms with van der Waals surface area (Å²) in [6.45, 7) is 0. The van der Waals surface area contributed by atoms with Crippen LogP contribution < -0.4 is 31.7 Å². The fourth-order valence-corrected chi connectivity index (χ4v) is 3.07. The average Bonchev–Trinajstić information content (AvgIpc) is 2.85. The van der Waals surface area contributed by atoms with Crippen molar-refractivity contribution in [2.24, 2.45) is 0 Å². The van der Waals surface area contributed by atoms with E-state index in [2.05, 4.69) is 36.2 Å². The molecule has 34 heavy (non-hydrogen) atoms. The molecule has 172 valence electrons. The maximum absolute atomic E-state index is 11.8. The van der Waals surface area contributed by atoms with Gasteiger partial charge in [-0.05, 0) is 48.5 Å². The van der Waals surface area contributed by atoms with Gasteiger partial charge in [0.15, 0.2) is 5.82 Å². The number of benzene rings is 2. The molecule has 0 aliphatic rings. The number of hydrogen-bond acceptors (Lipinski definition) is 9. The number of pyridine rings is 1. The summed E-state index contributed by atoms with van der Waals surface area (Å²) in [7, 11) is 3.35. The van der Waals surface area contributed by atoms with E-state index >= 15 is 0 Å². The Labute approximate surface area is 196 Å². The molecule has 0 radical (unpaired) electrons. The minimum Gasteiger partial charge on any atom is -0.457 e. The van der Waals surface area contributed by atoms with Gasteiger partial charge in [0.2, 0.25) is 5.95 Å². The number of carbonyl (C=O) groups excluding carboxylic acids is 1. The van der Waals surface area contributed by atoms with E-state index in [1.165, 1.54) is 6.20 Å². The Kier molecular flexibility index (Phi) is 6.68. The van der Waals surface area contributed by atoms with Gasteiger partial charge in [0.1, 0.15) is 17.2 Å². The first-order valence-corrected chi connectivity index (χ1v) is 10.4. The first-order chi connectivity index (χ1) is 16.5. The standard InChI is InChI=1S/C24H24N8O2/c1-26-21-14-29-24(32-22(21)30-17-5-3-4-15(25)12-17)31-16-6-8-18(9-7-16)34-19-10-11-28-20(13-19)23(33)27-2/h3-14,26H,25H2,1-2H3,(H,27,33)(H2,29,30,31,32). The first kappa shape index (κ1) is 22.3. The maximum Gasteiger partial charge on any atom is 0.269 e. The van der Waals surface area contributed by atoms with Crippen LogP contribution in [-0.4, -0.2) is 35.0 Å². The predicted octanol–water partition coefficient (Wildman–Crippen LogP) is 4.13. The van der Waals surface area contributed by atoms with E-state index in [0.29, 0.717) is 29.0 Å². The van der Waals surface area contributed by atoms with Crippen LogP contribution >= 0.6 is 0 Å². The number of nitrogens with two attached hydrogens (primary N) is 1. The highest BCUT2D eigenvalue weighted by atomic mass is 16.5. The molecule has 0 aliphatic carbocycles. The number of nitrogens with one attached hydrogen (secondary N) is 4. The number of carbonyl (C=O) groups is 1. The summed E-state index contributed by atoms with van der Waals surface area (Å²) in [6, 6.07) is 18.0. The molecule has 0 fully saturated rings. The molecule has 0 saturated heterocycles. The number of rotatable bonds is 8. The molecule has 0 aliphatic heterocycles. The second-order valence-electron chi connectivity index (χ2n) is 7.16. The van der Waals surface area contributed by atoms with E-state index < -0.39 is 0 Å². The van der Waals surface area contributed by atoms with Crippen LogP contribution in [-0.2, 0) is 0 Å². The number of hydrogen-bond donors (Lipinski definition) is 5. The summed E-state index contributed by atoms with van der Waals surface area (Å²) in [5.41, 5.74) is 9.14. The van der Waals surface area contributed by atoms with Crippen LogP contribution in [0, 0.1) is 0 Å². The van der Waals surface area contributed by atoms with Crippen LogP contribution in [0.25, 0.3) is 0 Å². The lowest BCUT2D eigenvalue weighted by Crippen LogP contribution is -2.18. The lowest BCUT2D eigenvalue weighted by atomic mass is 10.3. The van der Waals surface area contributed by atoms with E-state index in [4.69, 9.17) is 10.5 Å². The summed E-state index contributed by atoms with van der Waals surface area (Å²) in [5, 5.41) is 12.1. The van der Waals surface area contributed by atoms with Gasteiger partial charge in [-0.2, -0.15) is 4.98 Å². The number of aromatic nitrogens is 3. The second-order valence-corrected chi connectivity index (χ2v) is 7.16. The molecule has 10 nitrogen and oxygen atoms in total. The number of ether oxygens (including phenoxy) is 1. The molecular weight excluding hydrogens is 432 g/mol. The summed E-state index contributed by atoms with van der Waals surface area (Å²) < 4.78 is 5.84. The minimum atomic E-state index is -0.279. The van der Waals surface area contributed by atoms with Crippen LogP contribution in [0.5, 0.6) is 11.5 Å². The highest BCUT2D eigenvalue weighted by molar-refractivity contribution is 5.92. The van der Waals surface area contributed by atoms with E-state index in [1.807, 2.05) is 36.4 Å². The zero-order valence-corrected chi connectivity index (χ0v) is 18.7. The summed E-state index contributed by atoms with van der Waals surface area (Å²) in [4.78, 5) is 24.7. The van der Waals surface area contributed by atoms with Crippen LogP contribution in [0.3, 0.4) is 0 Å². The smallest absolute Gasteiger partial charge is 0.269 e. The SMILES string of the molecule is CNC(=O)c1cc(Oc2ccc(Nc3ncc(NC)c(Nc4cccc(N)c4)n3)cc2)ccn1. The highest BCUT2D eigenvalue weighted by Crippen LogP contribution is 2.27. The molecule has 2 aromatic heterocycles. The normalized spacial score (nSPS) is 10.3. The molecule has 2 aromatic carbocycles. The molecule has 0 spiro atoms. The Morgan fingerprint density at radius 1 is 0.912 bits per heavy atom. The lowest BCUT2D eigenvalue weighted by molar-refractivity contribution is 0.0958. The number of nitrogens with zero attached hydrogens (tertiary/aromatic N) is 3. The van der Waals surface area contributed by atoms with Crippen LogP contribution in [0.1, 0.15) is 10.5 Å². The fourth-order valence-electron chi connectivity index (χ4n) is 3.07. The zero-order chi connectivity index (χ0) is 23.9. The zero-order valence-electron chi connectivity index (χ0n) is 18.7. The van der Waals surface area contributed by atoms with Gasteiger partial charge in [-0.1, -0.05) is 6.07 Å². The van der Waals surface area contributed by atoms with Crippen LogP contribution in [0.4, 0.5) is 34.5 Å². The van der Waals surface area contributed by atoms with Crippen LogP contribution in [0.2, 0.25) is 0 Å². The van der Waals surface area contributed by atoms with Crippen molar-refractivity contribution < 1.29 is 9.53 Å². The average molecular weight is 457 g/mol. The van der Waals surface area contributed by atoms with Crippen molar-refractivity contribution in [3.63, 3.8) is 0 Å². The van der Waals surface area contributed by atoms with Crippen LogP contribution in [0.15, 0.2) is 73.1 Å². The van der Waals surface area contributed by atoms with E-state index in [1.54, 1.807) is 44.6 Å². The van der Waals surface area contributed by atoms with Gasteiger partial charge < -0.3 is 31.7 Å². The molecule has 0 atom stereocenters. The van der Waals surface area contributed by atoms with Gasteiger partial charge in [-0.15, -0.1) is 0 Å². The monoisotopic (exact) mass is 456 g/mol. The highest BCUT2D eigenvalue weighted by Gasteiger charge is 2.09. The molecule has 10 heteroatoms. The number of anilines is 6. The van der Waals surface area contributed by atoms with Gasteiger partial charge in [-0.25, -0.2) is 4.98 Å². The van der Waals surface area contributed by atoms with Crippen molar-refractivity contribution in [1.29, 1.82) is 0 Å². The Balaban J connectivity index is 1.46. The molecule has 4 aromatic rings.